The number of ketones is 1. The molecule has 7 nitrogen and oxygen atoms in total. The van der Waals surface area contributed by atoms with Crippen molar-refractivity contribution in [1.82, 2.24) is 4.90 Å². The van der Waals surface area contributed by atoms with Crippen molar-refractivity contribution in [2.24, 2.45) is 0 Å². The predicted molar refractivity (Wildman–Crippen MR) is 81.3 cm³/mol. The molecule has 122 valence electrons. The van der Waals surface area contributed by atoms with E-state index >= 15 is 0 Å². The number of rotatable bonds is 6. The Morgan fingerprint density at radius 1 is 1.14 bits per heavy atom. The van der Waals surface area contributed by atoms with Gasteiger partial charge in [0, 0.05) is 13.1 Å². The zero-order chi connectivity index (χ0) is 16.9. The van der Waals surface area contributed by atoms with Crippen molar-refractivity contribution in [2.75, 3.05) is 25.0 Å². The molecule has 0 aliphatic rings. The number of carbonyl (C=O) groups excluding carboxylic acids is 3. The highest BCUT2D eigenvalue weighted by atomic mass is 16.5. The number of hydrogen-bond donors (Lipinski definition) is 1. The molecular formula is C15H22N2O5. The number of urea groups is 1. The minimum atomic E-state index is -0.695. The second-order valence-corrected chi connectivity index (χ2v) is 4.62. The molecule has 0 aliphatic carbocycles. The first-order valence-corrected chi connectivity index (χ1v) is 7.24. The summed E-state index contributed by atoms with van der Waals surface area (Å²) in [7, 11) is 0. The molecule has 0 aromatic carbocycles. The average Bonchev–Trinajstić information content (AvgIpc) is 2.76. The standard InChI is InChI=1S/C15H22N2O5/c1-6-17(7-2)15(20)16-13-12(14(19)21-8-3)11(9(4)18)10(5)22-13/h6-8H2,1-5H3,(H,16,20). The molecule has 0 radical (unpaired) electrons. The van der Waals surface area contributed by atoms with E-state index in [1.165, 1.54) is 11.8 Å². The van der Waals surface area contributed by atoms with Crippen LogP contribution in [0.1, 0.15) is 54.2 Å². The van der Waals surface area contributed by atoms with Crippen LogP contribution in [0.25, 0.3) is 0 Å². The van der Waals surface area contributed by atoms with Crippen LogP contribution in [0.3, 0.4) is 0 Å². The van der Waals surface area contributed by atoms with Crippen LogP contribution in [-0.2, 0) is 4.74 Å². The van der Waals surface area contributed by atoms with Crippen molar-refractivity contribution in [3.8, 4) is 0 Å². The molecule has 1 rings (SSSR count). The minimum Gasteiger partial charge on any atom is -0.462 e. The summed E-state index contributed by atoms with van der Waals surface area (Å²) in [6.45, 7) is 9.40. The molecule has 0 spiro atoms. The third kappa shape index (κ3) is 3.66. The van der Waals surface area contributed by atoms with Crippen LogP contribution in [-0.4, -0.2) is 42.4 Å². The third-order valence-corrected chi connectivity index (χ3v) is 3.19. The minimum absolute atomic E-state index is 0.0349. The summed E-state index contributed by atoms with van der Waals surface area (Å²) in [6.07, 6.45) is 0. The van der Waals surface area contributed by atoms with Crippen molar-refractivity contribution in [1.29, 1.82) is 0 Å². The summed E-state index contributed by atoms with van der Waals surface area (Å²) < 4.78 is 10.4. The number of ether oxygens (including phenoxy) is 1. The molecule has 0 bridgehead atoms. The van der Waals surface area contributed by atoms with Crippen molar-refractivity contribution in [3.63, 3.8) is 0 Å². The van der Waals surface area contributed by atoms with Crippen molar-refractivity contribution in [2.45, 2.75) is 34.6 Å². The Balaban J connectivity index is 3.24. The van der Waals surface area contributed by atoms with Gasteiger partial charge in [0.1, 0.15) is 11.3 Å². The molecule has 0 unspecified atom stereocenters. The SMILES string of the molecule is CCOC(=O)c1c(NC(=O)N(CC)CC)oc(C)c1C(C)=O. The second-order valence-electron chi connectivity index (χ2n) is 4.62. The first-order valence-electron chi connectivity index (χ1n) is 7.24. The van der Waals surface area contributed by atoms with Gasteiger partial charge >= 0.3 is 12.0 Å². The quantitative estimate of drug-likeness (QED) is 0.644. The number of anilines is 1. The van der Waals surface area contributed by atoms with Crippen molar-refractivity contribution in [3.05, 3.63) is 16.9 Å². The number of nitrogens with one attached hydrogen (secondary N) is 1. The van der Waals surface area contributed by atoms with Gasteiger partial charge in [-0.15, -0.1) is 0 Å². The van der Waals surface area contributed by atoms with Gasteiger partial charge in [0.2, 0.25) is 5.88 Å². The summed E-state index contributed by atoms with van der Waals surface area (Å²) in [5.74, 6) is -0.810. The van der Waals surface area contributed by atoms with Crippen molar-refractivity contribution >= 4 is 23.7 Å². The molecule has 0 atom stereocenters. The summed E-state index contributed by atoms with van der Waals surface area (Å²) in [6, 6.07) is -0.403. The van der Waals surface area contributed by atoms with Gasteiger partial charge in [-0.1, -0.05) is 0 Å². The number of nitrogens with zero attached hydrogens (tertiary/aromatic N) is 1. The molecule has 1 heterocycles. The number of furan rings is 1. The van der Waals surface area contributed by atoms with E-state index in [9.17, 15) is 14.4 Å². The lowest BCUT2D eigenvalue weighted by Crippen LogP contribution is -2.34. The van der Waals surface area contributed by atoms with Gasteiger partial charge in [-0.25, -0.2) is 9.59 Å². The van der Waals surface area contributed by atoms with E-state index in [1.807, 2.05) is 13.8 Å². The Morgan fingerprint density at radius 2 is 1.73 bits per heavy atom. The Morgan fingerprint density at radius 3 is 2.18 bits per heavy atom. The highest BCUT2D eigenvalue weighted by molar-refractivity contribution is 6.10. The smallest absolute Gasteiger partial charge is 0.344 e. The lowest BCUT2D eigenvalue weighted by atomic mass is 10.1. The number of amides is 2. The molecule has 1 aromatic heterocycles. The first-order chi connectivity index (χ1) is 10.4. The molecule has 2 amide bonds. The fraction of sp³-hybridized carbons (Fsp3) is 0.533. The maximum atomic E-state index is 12.1. The highest BCUT2D eigenvalue weighted by Crippen LogP contribution is 2.28. The Bertz CT molecular complexity index is 573. The topological polar surface area (TPSA) is 88.8 Å². The predicted octanol–water partition coefficient (Wildman–Crippen LogP) is 2.84. The van der Waals surface area contributed by atoms with Gasteiger partial charge in [0.05, 0.1) is 12.2 Å². The number of carbonyl (C=O) groups is 3. The highest BCUT2D eigenvalue weighted by Gasteiger charge is 2.29. The molecule has 1 N–H and O–H groups in total. The molecule has 0 fully saturated rings. The molecular weight excluding hydrogens is 288 g/mol. The van der Waals surface area contributed by atoms with E-state index in [0.29, 0.717) is 13.1 Å². The average molecular weight is 310 g/mol. The normalized spacial score (nSPS) is 10.2. The third-order valence-electron chi connectivity index (χ3n) is 3.19. The molecule has 0 aliphatic heterocycles. The summed E-state index contributed by atoms with van der Waals surface area (Å²) in [5.41, 5.74) is 0.0978. The van der Waals surface area contributed by atoms with E-state index < -0.39 is 12.0 Å². The number of aryl methyl sites for hydroxylation is 1. The molecule has 22 heavy (non-hydrogen) atoms. The van der Waals surface area contributed by atoms with Crippen LogP contribution in [0.5, 0.6) is 0 Å². The fourth-order valence-corrected chi connectivity index (χ4v) is 2.14. The van der Waals surface area contributed by atoms with Crippen LogP contribution >= 0.6 is 0 Å². The molecule has 0 saturated carbocycles. The summed E-state index contributed by atoms with van der Waals surface area (Å²) >= 11 is 0. The molecule has 7 heteroatoms. The lowest BCUT2D eigenvalue weighted by Gasteiger charge is -2.18. The van der Waals surface area contributed by atoms with Gasteiger partial charge in [0.25, 0.3) is 0 Å². The number of hydrogen-bond acceptors (Lipinski definition) is 5. The molecule has 0 saturated heterocycles. The summed E-state index contributed by atoms with van der Waals surface area (Å²) in [5, 5.41) is 2.54. The van der Waals surface area contributed by atoms with Crippen LogP contribution in [0.2, 0.25) is 0 Å². The maximum Gasteiger partial charge on any atom is 0.344 e. The van der Waals surface area contributed by atoms with Crippen LogP contribution in [0, 0.1) is 6.92 Å². The van der Waals surface area contributed by atoms with E-state index in [2.05, 4.69) is 5.32 Å². The Labute approximate surface area is 129 Å². The van der Waals surface area contributed by atoms with Gasteiger partial charge in [-0.2, -0.15) is 0 Å². The monoisotopic (exact) mass is 310 g/mol. The van der Waals surface area contributed by atoms with Gasteiger partial charge in [0.15, 0.2) is 5.78 Å². The summed E-state index contributed by atoms with van der Waals surface area (Å²) in [4.78, 5) is 37.5. The van der Waals surface area contributed by atoms with E-state index in [0.717, 1.165) is 0 Å². The Hall–Kier alpha value is -2.31. The zero-order valence-corrected chi connectivity index (χ0v) is 13.6. The van der Waals surface area contributed by atoms with Gasteiger partial charge in [-0.05, 0) is 34.6 Å². The van der Waals surface area contributed by atoms with Crippen molar-refractivity contribution < 1.29 is 23.5 Å². The number of Topliss-reactive ketones (excluding diaryl/α,β-unsaturated/α-hetero) is 1. The van der Waals surface area contributed by atoms with Gasteiger partial charge < -0.3 is 14.1 Å². The fourth-order valence-electron chi connectivity index (χ4n) is 2.14. The van der Waals surface area contributed by atoms with Crippen LogP contribution in [0.4, 0.5) is 10.7 Å². The van der Waals surface area contributed by atoms with E-state index in [-0.39, 0.29) is 35.2 Å². The lowest BCUT2D eigenvalue weighted by molar-refractivity contribution is 0.0524. The largest absolute Gasteiger partial charge is 0.462 e. The molecule has 1 aromatic rings. The Kier molecular flexibility index (Phi) is 6.15. The van der Waals surface area contributed by atoms with Crippen LogP contribution < -0.4 is 5.32 Å². The van der Waals surface area contributed by atoms with Crippen LogP contribution in [0.15, 0.2) is 4.42 Å². The maximum absolute atomic E-state index is 12.1. The first kappa shape index (κ1) is 17.7. The second kappa shape index (κ2) is 7.63. The zero-order valence-electron chi connectivity index (χ0n) is 13.6. The number of esters is 1. The van der Waals surface area contributed by atoms with Gasteiger partial charge in [-0.3, -0.25) is 10.1 Å². The van der Waals surface area contributed by atoms with E-state index in [1.54, 1.807) is 13.8 Å². The van der Waals surface area contributed by atoms with E-state index in [4.69, 9.17) is 9.15 Å².